The molecular weight excluding hydrogens is 219 g/mol. The Bertz CT molecular complexity index is 274. The van der Waals surface area contributed by atoms with Gasteiger partial charge in [-0.25, -0.2) is 0 Å². The van der Waals surface area contributed by atoms with Gasteiger partial charge in [-0.15, -0.1) is 0 Å². The topological polar surface area (TPSA) is 72.8 Å². The van der Waals surface area contributed by atoms with Crippen molar-refractivity contribution in [1.82, 2.24) is 0 Å². The number of allylic oxidation sites excluding steroid dienone is 1. The van der Waals surface area contributed by atoms with Crippen LogP contribution in [-0.4, -0.2) is 24.3 Å². The molecule has 0 aromatic heterocycles. The maximum atomic E-state index is 12.0. The molecule has 0 aliphatic heterocycles. The van der Waals surface area contributed by atoms with E-state index in [4.69, 9.17) is 14.2 Å². The standard InChI is InChI=1S/C9H17O5P/c1-4-13-15(12,14-5-2)8(3)6-7-9(10)11/h6H,4-5,7H2,1-3H3,(H,10,11)/b8-6+. The van der Waals surface area contributed by atoms with Crippen LogP contribution in [0.5, 0.6) is 0 Å². The van der Waals surface area contributed by atoms with Crippen LogP contribution in [0.1, 0.15) is 27.2 Å². The van der Waals surface area contributed by atoms with Crippen LogP contribution in [0.2, 0.25) is 0 Å². The molecule has 0 unspecified atom stereocenters. The summed E-state index contributed by atoms with van der Waals surface area (Å²) in [7, 11) is -3.27. The first-order valence-electron chi connectivity index (χ1n) is 4.74. The van der Waals surface area contributed by atoms with E-state index < -0.39 is 13.6 Å². The van der Waals surface area contributed by atoms with Gasteiger partial charge in [0.15, 0.2) is 0 Å². The van der Waals surface area contributed by atoms with E-state index in [9.17, 15) is 9.36 Å². The number of aliphatic carboxylic acids is 1. The molecule has 0 saturated heterocycles. The Hall–Kier alpha value is -0.640. The van der Waals surface area contributed by atoms with Crippen LogP contribution in [0.25, 0.3) is 0 Å². The van der Waals surface area contributed by atoms with Crippen molar-refractivity contribution in [2.24, 2.45) is 0 Å². The van der Waals surface area contributed by atoms with Crippen LogP contribution < -0.4 is 0 Å². The van der Waals surface area contributed by atoms with Crippen LogP contribution in [0, 0.1) is 0 Å². The second-order valence-electron chi connectivity index (χ2n) is 2.78. The Labute approximate surface area is 89.6 Å². The maximum Gasteiger partial charge on any atom is 0.356 e. The van der Waals surface area contributed by atoms with E-state index in [1.807, 2.05) is 0 Å². The summed E-state index contributed by atoms with van der Waals surface area (Å²) in [6, 6.07) is 0. The molecule has 0 radical (unpaired) electrons. The van der Waals surface area contributed by atoms with Gasteiger partial charge in [0.05, 0.1) is 19.6 Å². The van der Waals surface area contributed by atoms with Crippen molar-refractivity contribution in [3.05, 3.63) is 11.4 Å². The van der Waals surface area contributed by atoms with E-state index in [0.717, 1.165) is 0 Å². The van der Waals surface area contributed by atoms with Gasteiger partial charge in [0.25, 0.3) is 0 Å². The summed E-state index contributed by atoms with van der Waals surface area (Å²) in [5.41, 5.74) is 0. The highest BCUT2D eigenvalue weighted by atomic mass is 31.2. The Kier molecular flexibility index (Phi) is 6.48. The molecule has 0 aromatic carbocycles. The van der Waals surface area contributed by atoms with E-state index in [1.54, 1.807) is 20.8 Å². The van der Waals surface area contributed by atoms with Gasteiger partial charge in [0.2, 0.25) is 0 Å². The number of carboxylic acids is 1. The minimum Gasteiger partial charge on any atom is -0.481 e. The smallest absolute Gasteiger partial charge is 0.356 e. The molecule has 1 N–H and O–H groups in total. The molecule has 5 nitrogen and oxygen atoms in total. The fourth-order valence-corrected chi connectivity index (χ4v) is 2.40. The zero-order valence-corrected chi connectivity index (χ0v) is 10.1. The second-order valence-corrected chi connectivity index (χ2v) is 4.99. The molecule has 0 aromatic rings. The lowest BCUT2D eigenvalue weighted by molar-refractivity contribution is -0.136. The summed E-state index contributed by atoms with van der Waals surface area (Å²) in [6.07, 6.45) is 1.17. The third-order valence-corrected chi connectivity index (χ3v) is 3.84. The fourth-order valence-electron chi connectivity index (χ4n) is 0.928. The molecule has 0 bridgehead atoms. The van der Waals surface area contributed by atoms with Crippen molar-refractivity contribution < 1.29 is 23.5 Å². The largest absolute Gasteiger partial charge is 0.481 e. The van der Waals surface area contributed by atoms with Crippen molar-refractivity contribution in [2.75, 3.05) is 13.2 Å². The van der Waals surface area contributed by atoms with Gasteiger partial charge in [0, 0.05) is 5.31 Å². The van der Waals surface area contributed by atoms with Crippen molar-refractivity contribution in [1.29, 1.82) is 0 Å². The first-order valence-corrected chi connectivity index (χ1v) is 6.28. The van der Waals surface area contributed by atoms with E-state index in [2.05, 4.69) is 0 Å². The lowest BCUT2D eigenvalue weighted by Crippen LogP contribution is -1.98. The molecule has 0 atom stereocenters. The van der Waals surface area contributed by atoms with Crippen molar-refractivity contribution in [3.63, 3.8) is 0 Å². The molecule has 0 amide bonds. The van der Waals surface area contributed by atoms with Gasteiger partial charge < -0.3 is 14.2 Å². The van der Waals surface area contributed by atoms with Crippen molar-refractivity contribution in [3.8, 4) is 0 Å². The van der Waals surface area contributed by atoms with E-state index >= 15 is 0 Å². The van der Waals surface area contributed by atoms with Crippen molar-refractivity contribution >= 4 is 13.6 Å². The zero-order chi connectivity index (χ0) is 11.9. The SMILES string of the molecule is CCOP(=O)(OCC)/C(C)=C/CC(=O)O. The Morgan fingerprint density at radius 1 is 1.33 bits per heavy atom. The highest BCUT2D eigenvalue weighted by Gasteiger charge is 2.25. The average Bonchev–Trinajstić information content (AvgIpc) is 2.14. The number of hydrogen-bond acceptors (Lipinski definition) is 4. The molecule has 0 fully saturated rings. The minimum atomic E-state index is -3.27. The van der Waals surface area contributed by atoms with E-state index in [1.165, 1.54) is 6.08 Å². The monoisotopic (exact) mass is 236 g/mol. The Morgan fingerprint density at radius 3 is 2.13 bits per heavy atom. The summed E-state index contributed by atoms with van der Waals surface area (Å²) in [5, 5.41) is 8.81. The van der Waals surface area contributed by atoms with Crippen LogP contribution in [-0.2, 0) is 18.4 Å². The van der Waals surface area contributed by atoms with Gasteiger partial charge in [-0.3, -0.25) is 9.36 Å². The third-order valence-electron chi connectivity index (χ3n) is 1.60. The summed E-state index contributed by atoms with van der Waals surface area (Å²) in [5.74, 6) is -0.978. The number of rotatable bonds is 7. The highest BCUT2D eigenvalue weighted by molar-refractivity contribution is 7.58. The highest BCUT2D eigenvalue weighted by Crippen LogP contribution is 2.55. The van der Waals surface area contributed by atoms with Gasteiger partial charge in [-0.05, 0) is 20.8 Å². The molecule has 88 valence electrons. The molecule has 0 aliphatic rings. The molecule has 6 heteroatoms. The quantitative estimate of drug-likeness (QED) is 0.688. The normalized spacial score (nSPS) is 12.9. The van der Waals surface area contributed by atoms with Crippen LogP contribution in [0.3, 0.4) is 0 Å². The molecule has 0 spiro atoms. The average molecular weight is 236 g/mol. The first-order chi connectivity index (χ1) is 6.96. The molecule has 0 aliphatic carbocycles. The predicted octanol–water partition coefficient (Wildman–Crippen LogP) is 2.63. The molecule has 0 rings (SSSR count). The summed E-state index contributed by atoms with van der Waals surface area (Å²) in [4.78, 5) is 10.3. The molecule has 0 saturated carbocycles. The molecule has 15 heavy (non-hydrogen) atoms. The van der Waals surface area contributed by atoms with E-state index in [-0.39, 0.29) is 19.6 Å². The van der Waals surface area contributed by atoms with Gasteiger partial charge in [-0.1, -0.05) is 6.08 Å². The third kappa shape index (κ3) is 5.11. The first kappa shape index (κ1) is 14.4. The number of hydrogen-bond donors (Lipinski definition) is 1. The zero-order valence-electron chi connectivity index (χ0n) is 9.23. The Morgan fingerprint density at radius 2 is 1.80 bits per heavy atom. The van der Waals surface area contributed by atoms with Gasteiger partial charge >= 0.3 is 13.6 Å². The lowest BCUT2D eigenvalue weighted by Gasteiger charge is -2.17. The number of carbonyl (C=O) groups is 1. The van der Waals surface area contributed by atoms with E-state index in [0.29, 0.717) is 5.31 Å². The Balaban J connectivity index is 4.68. The summed E-state index contributed by atoms with van der Waals surface area (Å²) >= 11 is 0. The van der Waals surface area contributed by atoms with Crippen molar-refractivity contribution in [2.45, 2.75) is 27.2 Å². The summed E-state index contributed by atoms with van der Waals surface area (Å²) in [6.45, 7) is 5.48. The molecular formula is C9H17O5P. The van der Waals surface area contributed by atoms with Gasteiger partial charge in [-0.2, -0.15) is 0 Å². The second kappa shape index (κ2) is 6.77. The fraction of sp³-hybridized carbons (Fsp3) is 0.667. The lowest BCUT2D eigenvalue weighted by atomic mass is 10.4. The number of carboxylic acid groups (broad SMARTS) is 1. The van der Waals surface area contributed by atoms with Gasteiger partial charge in [0.1, 0.15) is 0 Å². The predicted molar refractivity (Wildman–Crippen MR) is 56.9 cm³/mol. The maximum absolute atomic E-state index is 12.0. The van der Waals surface area contributed by atoms with Crippen LogP contribution in [0.4, 0.5) is 0 Å². The van der Waals surface area contributed by atoms with Crippen LogP contribution >= 0.6 is 7.60 Å². The molecule has 0 heterocycles. The summed E-state index contributed by atoms with van der Waals surface area (Å²) < 4.78 is 22.1. The minimum absolute atomic E-state index is 0.185. The van der Waals surface area contributed by atoms with Crippen LogP contribution in [0.15, 0.2) is 11.4 Å².